The van der Waals surface area contributed by atoms with Gasteiger partial charge in [-0.15, -0.1) is 0 Å². The van der Waals surface area contributed by atoms with E-state index in [1.165, 1.54) is 6.07 Å². The van der Waals surface area contributed by atoms with Gasteiger partial charge in [-0.1, -0.05) is 42.5 Å². The molecule has 0 fully saturated rings. The number of nitro groups is 1. The largest absolute Gasteiger partial charge is 0.496 e. The monoisotopic (exact) mass is 363 g/mol. The van der Waals surface area contributed by atoms with Crippen molar-refractivity contribution in [2.75, 3.05) is 7.11 Å². The normalized spacial score (nSPS) is 10.9. The zero-order chi connectivity index (χ0) is 19.2. The van der Waals surface area contributed by atoms with E-state index in [1.54, 1.807) is 31.5 Å². The van der Waals surface area contributed by atoms with Crippen molar-refractivity contribution in [3.05, 3.63) is 81.9 Å². The van der Waals surface area contributed by atoms with E-state index in [0.717, 1.165) is 22.1 Å². The molecule has 0 radical (unpaired) electrons. The Morgan fingerprint density at radius 1 is 1.11 bits per heavy atom. The van der Waals surface area contributed by atoms with Crippen molar-refractivity contribution in [1.29, 1.82) is 0 Å². The van der Waals surface area contributed by atoms with Crippen molar-refractivity contribution in [1.82, 2.24) is 5.43 Å². The minimum Gasteiger partial charge on any atom is -0.496 e. The number of nitrogens with one attached hydrogen (secondary N) is 1. The van der Waals surface area contributed by atoms with Gasteiger partial charge in [0.15, 0.2) is 0 Å². The van der Waals surface area contributed by atoms with E-state index >= 15 is 0 Å². The van der Waals surface area contributed by atoms with Crippen LogP contribution in [0.2, 0.25) is 0 Å². The van der Waals surface area contributed by atoms with Crippen LogP contribution >= 0.6 is 0 Å². The minimum atomic E-state index is -0.505. The van der Waals surface area contributed by atoms with Crippen molar-refractivity contribution < 1.29 is 14.5 Å². The summed E-state index contributed by atoms with van der Waals surface area (Å²) in [6.45, 7) is 0. The van der Waals surface area contributed by atoms with Gasteiger partial charge >= 0.3 is 0 Å². The quantitative estimate of drug-likeness (QED) is 0.412. The number of nitro benzene ring substituents is 1. The summed E-state index contributed by atoms with van der Waals surface area (Å²) in [4.78, 5) is 22.6. The Morgan fingerprint density at radius 3 is 2.56 bits per heavy atom. The second kappa shape index (κ2) is 8.09. The van der Waals surface area contributed by atoms with Crippen molar-refractivity contribution in [3.63, 3.8) is 0 Å². The molecule has 7 nitrogen and oxygen atoms in total. The predicted octanol–water partition coefficient (Wildman–Crippen LogP) is 3.45. The molecule has 0 bridgehead atoms. The Hall–Kier alpha value is -3.74. The molecule has 0 aliphatic heterocycles. The van der Waals surface area contributed by atoms with E-state index < -0.39 is 10.8 Å². The van der Waals surface area contributed by atoms with Crippen molar-refractivity contribution in [2.24, 2.45) is 5.10 Å². The maximum Gasteiger partial charge on any atom is 0.273 e. The summed E-state index contributed by atoms with van der Waals surface area (Å²) in [5.74, 6) is 0.321. The number of ether oxygens (including phenoxy) is 1. The average molecular weight is 363 g/mol. The van der Waals surface area contributed by atoms with Gasteiger partial charge in [-0.05, 0) is 17.5 Å². The molecule has 0 heterocycles. The second-order valence-corrected chi connectivity index (χ2v) is 5.76. The Kier molecular flexibility index (Phi) is 5.41. The van der Waals surface area contributed by atoms with E-state index in [9.17, 15) is 14.9 Å². The Balaban J connectivity index is 1.74. The molecule has 27 heavy (non-hydrogen) atoms. The second-order valence-electron chi connectivity index (χ2n) is 5.76. The summed E-state index contributed by atoms with van der Waals surface area (Å²) in [5, 5.41) is 16.9. The first kappa shape index (κ1) is 18.1. The zero-order valence-electron chi connectivity index (χ0n) is 14.6. The van der Waals surface area contributed by atoms with Gasteiger partial charge in [-0.3, -0.25) is 14.9 Å². The summed E-state index contributed by atoms with van der Waals surface area (Å²) in [7, 11) is 1.61. The summed E-state index contributed by atoms with van der Waals surface area (Å²) in [6, 6.07) is 17.5. The van der Waals surface area contributed by atoms with Crippen LogP contribution in [0.1, 0.15) is 11.1 Å². The van der Waals surface area contributed by atoms with E-state index in [1.807, 2.05) is 36.4 Å². The first-order chi connectivity index (χ1) is 13.1. The lowest BCUT2D eigenvalue weighted by Gasteiger charge is -2.07. The summed E-state index contributed by atoms with van der Waals surface area (Å²) < 4.78 is 5.35. The maximum atomic E-state index is 12.1. The van der Waals surface area contributed by atoms with Crippen molar-refractivity contribution in [3.8, 4) is 5.75 Å². The molecule has 3 rings (SSSR count). The fraction of sp³-hybridized carbons (Fsp3) is 0.100. The fourth-order valence-corrected chi connectivity index (χ4v) is 2.81. The molecule has 0 atom stereocenters. The molecular formula is C20H17N3O4. The van der Waals surface area contributed by atoms with Crippen LogP contribution in [0.5, 0.6) is 5.75 Å². The molecule has 0 saturated carbocycles. The number of rotatable bonds is 6. The molecule has 1 N–H and O–H groups in total. The van der Waals surface area contributed by atoms with Gasteiger partial charge in [0.1, 0.15) is 5.75 Å². The standard InChI is InChI=1S/C20H17N3O4/c1-27-19-11-10-15(16-7-3-4-8-17(16)19)13-21-22-20(24)12-14-6-2-5-9-18(14)23(25)26/h2-11,13H,12H2,1H3,(H,22,24). The highest BCUT2D eigenvalue weighted by Gasteiger charge is 2.15. The van der Waals surface area contributed by atoms with Crippen LogP contribution < -0.4 is 10.2 Å². The number of amides is 1. The van der Waals surface area contributed by atoms with Gasteiger partial charge in [0.2, 0.25) is 5.91 Å². The molecular weight excluding hydrogens is 346 g/mol. The van der Waals surface area contributed by atoms with Gasteiger partial charge < -0.3 is 4.74 Å². The number of methoxy groups -OCH3 is 1. The van der Waals surface area contributed by atoms with Crippen LogP contribution in [0, 0.1) is 10.1 Å². The highest BCUT2D eigenvalue weighted by Crippen LogP contribution is 2.27. The smallest absolute Gasteiger partial charge is 0.273 e. The Bertz CT molecular complexity index is 1030. The topological polar surface area (TPSA) is 93.8 Å². The molecule has 0 aliphatic rings. The molecule has 0 aromatic heterocycles. The fourth-order valence-electron chi connectivity index (χ4n) is 2.81. The number of hydrogen-bond donors (Lipinski definition) is 1. The van der Waals surface area contributed by atoms with Crippen molar-refractivity contribution >= 4 is 28.6 Å². The highest BCUT2D eigenvalue weighted by molar-refractivity contribution is 6.02. The number of carbonyl (C=O) groups is 1. The van der Waals surface area contributed by atoms with Gasteiger partial charge in [0, 0.05) is 22.6 Å². The number of carbonyl (C=O) groups excluding carboxylic acids is 1. The summed E-state index contributed by atoms with van der Waals surface area (Å²) >= 11 is 0. The van der Waals surface area contributed by atoms with Crippen LogP contribution in [0.4, 0.5) is 5.69 Å². The molecule has 0 spiro atoms. The third kappa shape index (κ3) is 4.09. The molecule has 0 aliphatic carbocycles. The van der Waals surface area contributed by atoms with Crippen molar-refractivity contribution in [2.45, 2.75) is 6.42 Å². The van der Waals surface area contributed by atoms with Gasteiger partial charge in [-0.2, -0.15) is 5.10 Å². The Morgan fingerprint density at radius 2 is 1.81 bits per heavy atom. The van der Waals surface area contributed by atoms with Crippen LogP contribution in [-0.4, -0.2) is 24.2 Å². The number of para-hydroxylation sites is 1. The van der Waals surface area contributed by atoms with Crippen LogP contribution in [0.25, 0.3) is 10.8 Å². The lowest BCUT2D eigenvalue weighted by atomic mass is 10.0. The number of hydrogen-bond acceptors (Lipinski definition) is 5. The lowest BCUT2D eigenvalue weighted by molar-refractivity contribution is -0.385. The SMILES string of the molecule is COc1ccc(C=NNC(=O)Cc2ccccc2[N+](=O)[O-])c2ccccc12. The van der Waals surface area contributed by atoms with Gasteiger partial charge in [0.05, 0.1) is 24.7 Å². The van der Waals surface area contributed by atoms with E-state index in [2.05, 4.69) is 10.5 Å². The molecule has 136 valence electrons. The number of benzene rings is 3. The molecule has 0 saturated heterocycles. The van der Waals surface area contributed by atoms with Crippen LogP contribution in [0.3, 0.4) is 0 Å². The first-order valence-corrected chi connectivity index (χ1v) is 8.20. The minimum absolute atomic E-state index is 0.0854. The summed E-state index contributed by atoms with van der Waals surface area (Å²) in [6.07, 6.45) is 1.41. The van der Waals surface area contributed by atoms with Gasteiger partial charge in [0.25, 0.3) is 5.69 Å². The maximum absolute atomic E-state index is 12.1. The Labute approximate surface area is 155 Å². The lowest BCUT2D eigenvalue weighted by Crippen LogP contribution is -2.20. The average Bonchev–Trinajstić information content (AvgIpc) is 2.68. The summed E-state index contributed by atoms with van der Waals surface area (Å²) in [5.41, 5.74) is 3.49. The predicted molar refractivity (Wildman–Crippen MR) is 103 cm³/mol. The van der Waals surface area contributed by atoms with E-state index in [-0.39, 0.29) is 12.1 Å². The number of hydrazone groups is 1. The zero-order valence-corrected chi connectivity index (χ0v) is 14.6. The highest BCUT2D eigenvalue weighted by atomic mass is 16.6. The molecule has 0 unspecified atom stereocenters. The number of fused-ring (bicyclic) bond motifs is 1. The molecule has 3 aromatic rings. The van der Waals surface area contributed by atoms with E-state index in [4.69, 9.17) is 4.74 Å². The molecule has 7 heteroatoms. The first-order valence-electron chi connectivity index (χ1n) is 8.20. The molecule has 1 amide bonds. The third-order valence-electron chi connectivity index (χ3n) is 4.07. The molecule has 3 aromatic carbocycles. The van der Waals surface area contributed by atoms with Crippen LogP contribution in [0.15, 0.2) is 65.8 Å². The van der Waals surface area contributed by atoms with E-state index in [0.29, 0.717) is 5.56 Å². The van der Waals surface area contributed by atoms with Gasteiger partial charge in [-0.25, -0.2) is 5.43 Å². The van der Waals surface area contributed by atoms with Crippen LogP contribution in [-0.2, 0) is 11.2 Å². The number of nitrogens with zero attached hydrogens (tertiary/aromatic N) is 2. The third-order valence-corrected chi connectivity index (χ3v) is 4.07.